The maximum Gasteiger partial charge on any atom is 0.286 e. The van der Waals surface area contributed by atoms with Crippen LogP contribution in [0.2, 0.25) is 0 Å². The van der Waals surface area contributed by atoms with Gasteiger partial charge in [-0.3, -0.25) is 4.79 Å². The fourth-order valence-corrected chi connectivity index (χ4v) is 2.67. The molecule has 0 spiro atoms. The molecule has 0 saturated carbocycles. The second-order valence-electron chi connectivity index (χ2n) is 5.69. The minimum absolute atomic E-state index is 0.0417. The third-order valence-corrected chi connectivity index (χ3v) is 3.81. The number of para-hydroxylation sites is 1. The first-order valence-corrected chi connectivity index (χ1v) is 7.71. The van der Waals surface area contributed by atoms with Crippen LogP contribution in [0, 0.1) is 0 Å². The van der Waals surface area contributed by atoms with E-state index in [9.17, 15) is 4.79 Å². The molecule has 0 saturated heterocycles. The molecule has 5 nitrogen and oxygen atoms in total. The zero-order chi connectivity index (χ0) is 15.5. The first kappa shape index (κ1) is 15.4. The van der Waals surface area contributed by atoms with Crippen molar-refractivity contribution in [2.75, 3.05) is 17.2 Å². The minimum atomic E-state index is -0.228. The van der Waals surface area contributed by atoms with Gasteiger partial charge < -0.3 is 10.6 Å². The summed E-state index contributed by atoms with van der Waals surface area (Å²) in [6.45, 7) is 9.08. The Morgan fingerprint density at radius 3 is 2.62 bits per heavy atom. The molecule has 1 amide bonds. The number of nitrogens with zero attached hydrogens (tertiary/aromatic N) is 2. The second kappa shape index (κ2) is 6.22. The lowest BCUT2D eigenvalue weighted by atomic mass is 9.86. The van der Waals surface area contributed by atoms with Crippen LogP contribution in [-0.2, 0) is 5.41 Å². The van der Waals surface area contributed by atoms with Gasteiger partial charge in [0.15, 0.2) is 0 Å². The van der Waals surface area contributed by atoms with Gasteiger partial charge in [0.25, 0.3) is 5.91 Å². The highest BCUT2D eigenvalue weighted by Gasteiger charge is 2.20. The van der Waals surface area contributed by atoms with E-state index in [4.69, 9.17) is 0 Å². The Hall–Kier alpha value is -1.95. The molecule has 112 valence electrons. The average molecular weight is 304 g/mol. The van der Waals surface area contributed by atoms with Crippen molar-refractivity contribution in [3.05, 3.63) is 34.8 Å². The van der Waals surface area contributed by atoms with E-state index in [2.05, 4.69) is 41.6 Å². The Morgan fingerprint density at radius 2 is 1.95 bits per heavy atom. The van der Waals surface area contributed by atoms with Gasteiger partial charge in [-0.15, -0.1) is 10.2 Å². The zero-order valence-corrected chi connectivity index (χ0v) is 13.5. The Bertz CT molecular complexity index is 631. The third kappa shape index (κ3) is 3.78. The van der Waals surface area contributed by atoms with Crippen LogP contribution >= 0.6 is 11.3 Å². The molecule has 2 rings (SSSR count). The molecule has 0 radical (unpaired) electrons. The number of benzene rings is 1. The monoisotopic (exact) mass is 304 g/mol. The van der Waals surface area contributed by atoms with Gasteiger partial charge in [0.1, 0.15) is 0 Å². The van der Waals surface area contributed by atoms with Gasteiger partial charge in [0, 0.05) is 12.2 Å². The first-order valence-electron chi connectivity index (χ1n) is 6.90. The smallest absolute Gasteiger partial charge is 0.286 e. The molecule has 1 aromatic carbocycles. The Balaban J connectivity index is 2.19. The number of rotatable bonds is 4. The Labute approximate surface area is 128 Å². The highest BCUT2D eigenvalue weighted by Crippen LogP contribution is 2.29. The highest BCUT2D eigenvalue weighted by atomic mass is 32.1. The van der Waals surface area contributed by atoms with Crippen LogP contribution in [-0.4, -0.2) is 22.6 Å². The molecule has 0 aliphatic rings. The summed E-state index contributed by atoms with van der Waals surface area (Å²) < 4.78 is 0. The van der Waals surface area contributed by atoms with Crippen LogP contribution in [0.15, 0.2) is 24.3 Å². The fraction of sp³-hybridized carbons (Fsp3) is 0.400. The molecule has 21 heavy (non-hydrogen) atoms. The molecule has 2 N–H and O–H groups in total. The minimum Gasteiger partial charge on any atom is -0.360 e. The van der Waals surface area contributed by atoms with Crippen LogP contribution in [0.1, 0.15) is 43.1 Å². The highest BCUT2D eigenvalue weighted by molar-refractivity contribution is 7.17. The molecular formula is C15H20N4OS. The predicted molar refractivity (Wildman–Crippen MR) is 87.2 cm³/mol. The van der Waals surface area contributed by atoms with E-state index in [1.807, 2.05) is 31.2 Å². The van der Waals surface area contributed by atoms with E-state index in [0.717, 1.165) is 17.8 Å². The van der Waals surface area contributed by atoms with Gasteiger partial charge in [-0.05, 0) is 24.0 Å². The van der Waals surface area contributed by atoms with Crippen LogP contribution in [0.3, 0.4) is 0 Å². The lowest BCUT2D eigenvalue weighted by molar-refractivity contribution is 0.102. The molecule has 0 aliphatic carbocycles. The van der Waals surface area contributed by atoms with Gasteiger partial charge >= 0.3 is 0 Å². The van der Waals surface area contributed by atoms with Crippen molar-refractivity contribution in [2.45, 2.75) is 33.1 Å². The van der Waals surface area contributed by atoms with Gasteiger partial charge in [0.05, 0.1) is 0 Å². The number of carbonyl (C=O) groups excluding carboxylic acids is 1. The summed E-state index contributed by atoms with van der Waals surface area (Å²) in [5, 5.41) is 14.8. The van der Waals surface area contributed by atoms with E-state index in [1.165, 1.54) is 11.3 Å². The SMILES string of the molecule is CCNc1nnc(C(=O)Nc2ccccc2C(C)(C)C)s1. The Kier molecular flexibility index (Phi) is 4.57. The molecule has 0 atom stereocenters. The van der Waals surface area contributed by atoms with E-state index in [-0.39, 0.29) is 11.3 Å². The van der Waals surface area contributed by atoms with Crippen molar-refractivity contribution in [1.82, 2.24) is 10.2 Å². The van der Waals surface area contributed by atoms with Crippen LogP contribution in [0.5, 0.6) is 0 Å². The number of anilines is 2. The van der Waals surface area contributed by atoms with E-state index in [1.54, 1.807) is 0 Å². The number of nitrogens with one attached hydrogen (secondary N) is 2. The standard InChI is InChI=1S/C15H20N4OS/c1-5-16-14-19-18-13(21-14)12(20)17-11-9-7-6-8-10(11)15(2,3)4/h6-9H,5H2,1-4H3,(H,16,19)(H,17,20). The van der Waals surface area contributed by atoms with Crippen molar-refractivity contribution < 1.29 is 4.79 Å². The summed E-state index contributed by atoms with van der Waals surface area (Å²) in [7, 11) is 0. The van der Waals surface area contributed by atoms with Gasteiger partial charge in [-0.25, -0.2) is 0 Å². The summed E-state index contributed by atoms with van der Waals surface area (Å²) in [5.74, 6) is -0.228. The summed E-state index contributed by atoms with van der Waals surface area (Å²) in [6, 6.07) is 7.82. The van der Waals surface area contributed by atoms with Crippen LogP contribution in [0.25, 0.3) is 0 Å². The first-order chi connectivity index (χ1) is 9.91. The van der Waals surface area contributed by atoms with E-state index < -0.39 is 0 Å². The molecule has 1 aromatic heterocycles. The van der Waals surface area contributed by atoms with E-state index in [0.29, 0.717) is 10.1 Å². The maximum atomic E-state index is 12.3. The summed E-state index contributed by atoms with van der Waals surface area (Å²) in [5.41, 5.74) is 1.87. The normalized spacial score (nSPS) is 11.2. The van der Waals surface area contributed by atoms with Crippen molar-refractivity contribution in [2.24, 2.45) is 0 Å². The Morgan fingerprint density at radius 1 is 1.24 bits per heavy atom. The fourth-order valence-electron chi connectivity index (χ4n) is 1.96. The van der Waals surface area contributed by atoms with Crippen molar-refractivity contribution >= 4 is 28.1 Å². The lowest BCUT2D eigenvalue weighted by Crippen LogP contribution is -2.18. The molecule has 0 aliphatic heterocycles. The molecule has 0 unspecified atom stereocenters. The van der Waals surface area contributed by atoms with Gasteiger partial charge in [0.2, 0.25) is 10.1 Å². The lowest BCUT2D eigenvalue weighted by Gasteiger charge is -2.22. The van der Waals surface area contributed by atoms with Crippen molar-refractivity contribution in [1.29, 1.82) is 0 Å². The molecule has 0 bridgehead atoms. The van der Waals surface area contributed by atoms with Gasteiger partial charge in [-0.2, -0.15) is 0 Å². The summed E-state index contributed by atoms with van der Waals surface area (Å²) in [6.07, 6.45) is 0. The average Bonchev–Trinajstić information content (AvgIpc) is 2.87. The quantitative estimate of drug-likeness (QED) is 0.907. The summed E-state index contributed by atoms with van der Waals surface area (Å²) in [4.78, 5) is 12.3. The van der Waals surface area contributed by atoms with Crippen molar-refractivity contribution in [3.8, 4) is 0 Å². The number of aromatic nitrogens is 2. The predicted octanol–water partition coefficient (Wildman–Crippen LogP) is 3.52. The largest absolute Gasteiger partial charge is 0.360 e. The molecule has 2 aromatic rings. The molecule has 0 fully saturated rings. The topological polar surface area (TPSA) is 66.9 Å². The van der Waals surface area contributed by atoms with Crippen LogP contribution in [0.4, 0.5) is 10.8 Å². The number of hydrogen-bond acceptors (Lipinski definition) is 5. The maximum absolute atomic E-state index is 12.3. The van der Waals surface area contributed by atoms with Gasteiger partial charge in [-0.1, -0.05) is 50.3 Å². The molecular weight excluding hydrogens is 284 g/mol. The zero-order valence-electron chi connectivity index (χ0n) is 12.7. The number of carbonyl (C=O) groups is 1. The number of hydrogen-bond donors (Lipinski definition) is 2. The molecule has 6 heteroatoms. The molecule has 1 heterocycles. The van der Waals surface area contributed by atoms with Crippen LogP contribution < -0.4 is 10.6 Å². The van der Waals surface area contributed by atoms with Crippen molar-refractivity contribution in [3.63, 3.8) is 0 Å². The summed E-state index contributed by atoms with van der Waals surface area (Å²) >= 11 is 1.25. The van der Waals surface area contributed by atoms with E-state index >= 15 is 0 Å². The number of amides is 1. The third-order valence-electron chi connectivity index (χ3n) is 2.93. The second-order valence-corrected chi connectivity index (χ2v) is 6.67.